The summed E-state index contributed by atoms with van der Waals surface area (Å²) < 4.78 is 41.8. The molecular formula is C33H33F2N3O4S. The van der Waals surface area contributed by atoms with Gasteiger partial charge in [-0.05, 0) is 48.1 Å². The molecule has 2 atom stereocenters. The van der Waals surface area contributed by atoms with Crippen LogP contribution in [0, 0.1) is 25.5 Å². The number of benzene rings is 2. The third-order valence-electron chi connectivity index (χ3n) is 7.45. The topological polar surface area (TPSA) is 65.5 Å². The van der Waals surface area contributed by atoms with Crippen molar-refractivity contribution in [3.8, 4) is 5.75 Å². The largest absolute Gasteiger partial charge is 0.488 e. The summed E-state index contributed by atoms with van der Waals surface area (Å²) >= 11 is 1.54. The summed E-state index contributed by atoms with van der Waals surface area (Å²) in [6.45, 7) is 11.8. The van der Waals surface area contributed by atoms with Gasteiger partial charge < -0.3 is 19.5 Å². The van der Waals surface area contributed by atoms with E-state index in [1.165, 1.54) is 29.6 Å². The Hall–Kier alpha value is -4.25. The van der Waals surface area contributed by atoms with E-state index < -0.39 is 23.8 Å². The van der Waals surface area contributed by atoms with E-state index in [0.29, 0.717) is 5.56 Å². The van der Waals surface area contributed by atoms with Gasteiger partial charge in [0.25, 0.3) is 5.91 Å². The van der Waals surface area contributed by atoms with Crippen molar-refractivity contribution < 1.29 is 28.2 Å². The highest BCUT2D eigenvalue weighted by atomic mass is 32.1. The zero-order chi connectivity index (χ0) is 30.7. The van der Waals surface area contributed by atoms with Gasteiger partial charge in [-0.1, -0.05) is 55.1 Å². The minimum Gasteiger partial charge on any atom is -0.488 e. The number of thiophene rings is 1. The summed E-state index contributed by atoms with van der Waals surface area (Å²) in [6, 6.07) is 11.3. The highest BCUT2D eigenvalue weighted by molar-refractivity contribution is 7.10. The summed E-state index contributed by atoms with van der Waals surface area (Å²) in [6.07, 6.45) is 5.01. The van der Waals surface area contributed by atoms with Gasteiger partial charge in [-0.15, -0.1) is 17.9 Å². The highest BCUT2D eigenvalue weighted by Crippen LogP contribution is 2.44. The highest BCUT2D eigenvalue weighted by Gasteiger charge is 2.44. The Morgan fingerprint density at radius 1 is 1.09 bits per heavy atom. The van der Waals surface area contributed by atoms with Crippen molar-refractivity contribution in [2.45, 2.75) is 32.6 Å². The lowest BCUT2D eigenvalue weighted by molar-refractivity contribution is -0.149. The monoisotopic (exact) mass is 605 g/mol. The van der Waals surface area contributed by atoms with Gasteiger partial charge in [-0.3, -0.25) is 9.80 Å². The fourth-order valence-electron chi connectivity index (χ4n) is 5.19. The molecule has 2 aliphatic rings. The summed E-state index contributed by atoms with van der Waals surface area (Å²) in [5, 5.41) is 16.5. The standard InChI is InChI=1S/C33H33F2N3O4S/c1-5-15-36-20-38(37-16-14-27(39)32(30(37)33(36)40)42-18-23-10-8-7-9-11-23)29(25-19-43-22(4)21(25)3)24-12-13-26(34)28(35)31(24)41-17-6-2/h5-14,16,19,27,29,39H,1-2,15,17-18,20H2,3-4H3. The van der Waals surface area contributed by atoms with Crippen LogP contribution in [0.15, 0.2) is 96.9 Å². The van der Waals surface area contributed by atoms with Crippen molar-refractivity contribution in [1.29, 1.82) is 0 Å². The number of amides is 1. The molecule has 10 heteroatoms. The smallest absolute Gasteiger partial charge is 0.276 e. The zero-order valence-corrected chi connectivity index (χ0v) is 24.8. The molecule has 224 valence electrons. The van der Waals surface area contributed by atoms with Crippen LogP contribution in [0.2, 0.25) is 0 Å². The Balaban J connectivity index is 1.69. The average Bonchev–Trinajstić information content (AvgIpc) is 3.33. The van der Waals surface area contributed by atoms with Crippen LogP contribution in [-0.2, 0) is 16.1 Å². The zero-order valence-electron chi connectivity index (χ0n) is 24.0. The van der Waals surface area contributed by atoms with Crippen molar-refractivity contribution in [3.05, 3.63) is 136 Å². The third-order valence-corrected chi connectivity index (χ3v) is 8.48. The Morgan fingerprint density at radius 3 is 2.53 bits per heavy atom. The van der Waals surface area contributed by atoms with Crippen molar-refractivity contribution in [2.24, 2.45) is 0 Å². The number of fused-ring (bicyclic) bond motifs is 1. The lowest BCUT2D eigenvalue weighted by Gasteiger charge is -2.49. The number of hydrogen-bond donors (Lipinski definition) is 1. The molecule has 0 radical (unpaired) electrons. The number of halogens is 2. The maximum absolute atomic E-state index is 15.4. The maximum atomic E-state index is 15.4. The lowest BCUT2D eigenvalue weighted by atomic mass is 9.95. The average molecular weight is 606 g/mol. The molecular weight excluding hydrogens is 572 g/mol. The van der Waals surface area contributed by atoms with Crippen molar-refractivity contribution in [3.63, 3.8) is 0 Å². The number of hydrogen-bond acceptors (Lipinski definition) is 7. The first-order valence-electron chi connectivity index (χ1n) is 13.8. The second-order valence-electron chi connectivity index (χ2n) is 10.2. The number of hydrazine groups is 1. The normalized spacial score (nSPS) is 17.6. The molecule has 1 amide bonds. The Morgan fingerprint density at radius 2 is 1.86 bits per heavy atom. The molecule has 0 spiro atoms. The molecule has 0 aliphatic carbocycles. The van der Waals surface area contributed by atoms with Gasteiger partial charge in [0.2, 0.25) is 5.82 Å². The number of aliphatic hydroxyl groups is 1. The van der Waals surface area contributed by atoms with Crippen LogP contribution in [0.3, 0.4) is 0 Å². The Kier molecular flexibility index (Phi) is 9.10. The molecule has 2 unspecified atom stereocenters. The predicted octanol–water partition coefficient (Wildman–Crippen LogP) is 6.12. The number of rotatable bonds is 11. The summed E-state index contributed by atoms with van der Waals surface area (Å²) in [4.78, 5) is 16.5. The summed E-state index contributed by atoms with van der Waals surface area (Å²) in [7, 11) is 0. The number of carbonyl (C=O) groups excluding carboxylic acids is 1. The van der Waals surface area contributed by atoms with Crippen LogP contribution in [0.25, 0.3) is 0 Å². The first-order valence-corrected chi connectivity index (χ1v) is 14.6. The number of aliphatic hydroxyl groups excluding tert-OH is 1. The molecule has 3 aromatic rings. The number of carbonyl (C=O) groups is 1. The number of aryl methyl sites for hydroxylation is 1. The fraction of sp³-hybridized carbons (Fsp3) is 0.242. The Labute approximate surface area is 253 Å². The molecule has 1 N–H and O–H groups in total. The molecule has 1 aromatic heterocycles. The predicted molar refractivity (Wildman–Crippen MR) is 162 cm³/mol. The van der Waals surface area contributed by atoms with E-state index in [-0.39, 0.29) is 49.5 Å². The van der Waals surface area contributed by atoms with Gasteiger partial charge in [-0.2, -0.15) is 9.40 Å². The van der Waals surface area contributed by atoms with Crippen LogP contribution < -0.4 is 4.74 Å². The molecule has 3 heterocycles. The molecule has 2 aliphatic heterocycles. The number of ether oxygens (including phenoxy) is 2. The SMILES string of the molecule is C=CCOc1c(C(c2csc(C)c2C)N2CN(CC=C)C(=O)C3=C(OCc4ccccc4)C(O)C=CN32)ccc(F)c1F. The van der Waals surface area contributed by atoms with Crippen LogP contribution in [-0.4, -0.2) is 51.9 Å². The Bertz CT molecular complexity index is 1590. The van der Waals surface area contributed by atoms with Crippen molar-refractivity contribution in [1.82, 2.24) is 14.9 Å². The van der Waals surface area contributed by atoms with E-state index in [4.69, 9.17) is 9.47 Å². The van der Waals surface area contributed by atoms with Crippen molar-refractivity contribution in [2.75, 3.05) is 19.8 Å². The summed E-state index contributed by atoms with van der Waals surface area (Å²) in [5.74, 6) is -2.68. The number of nitrogens with zero attached hydrogens (tertiary/aromatic N) is 3. The molecule has 5 rings (SSSR count). The van der Waals surface area contributed by atoms with Gasteiger partial charge in [-0.25, -0.2) is 4.39 Å². The fourth-order valence-corrected chi connectivity index (χ4v) is 6.09. The molecule has 1 fully saturated rings. The van der Waals surface area contributed by atoms with E-state index in [1.807, 2.05) is 54.6 Å². The second kappa shape index (κ2) is 12.9. The first kappa shape index (κ1) is 30.2. The molecule has 2 aromatic carbocycles. The molecule has 1 saturated heterocycles. The van der Waals surface area contributed by atoms with Gasteiger partial charge in [0.05, 0.1) is 12.7 Å². The maximum Gasteiger partial charge on any atom is 0.276 e. The van der Waals surface area contributed by atoms with Gasteiger partial charge in [0.15, 0.2) is 23.0 Å². The van der Waals surface area contributed by atoms with Crippen molar-refractivity contribution >= 4 is 17.2 Å². The van der Waals surface area contributed by atoms with E-state index in [9.17, 15) is 14.3 Å². The van der Waals surface area contributed by atoms with E-state index >= 15 is 4.39 Å². The minimum atomic E-state index is -1.18. The molecule has 43 heavy (non-hydrogen) atoms. The van der Waals surface area contributed by atoms with Crippen LogP contribution in [0.1, 0.15) is 33.2 Å². The molecule has 7 nitrogen and oxygen atoms in total. The van der Waals surface area contributed by atoms with Crippen LogP contribution >= 0.6 is 11.3 Å². The minimum absolute atomic E-state index is 0.0404. The quantitative estimate of drug-likeness (QED) is 0.266. The van der Waals surface area contributed by atoms with E-state index in [0.717, 1.165) is 27.6 Å². The van der Waals surface area contributed by atoms with Gasteiger partial charge in [0, 0.05) is 23.2 Å². The van der Waals surface area contributed by atoms with Crippen LogP contribution in [0.4, 0.5) is 8.78 Å². The second-order valence-corrected chi connectivity index (χ2v) is 11.3. The van der Waals surface area contributed by atoms with Gasteiger partial charge >= 0.3 is 0 Å². The lowest BCUT2D eigenvalue weighted by Crippen LogP contribution is -2.58. The first-order chi connectivity index (χ1) is 20.8. The molecule has 0 saturated carbocycles. The molecule has 0 bridgehead atoms. The summed E-state index contributed by atoms with van der Waals surface area (Å²) in [5.41, 5.74) is 3.13. The third kappa shape index (κ3) is 5.86. The van der Waals surface area contributed by atoms with Crippen LogP contribution in [0.5, 0.6) is 5.75 Å². The van der Waals surface area contributed by atoms with Gasteiger partial charge in [0.1, 0.15) is 19.3 Å². The van der Waals surface area contributed by atoms with E-state index in [2.05, 4.69) is 13.2 Å². The van der Waals surface area contributed by atoms with E-state index in [1.54, 1.807) is 22.2 Å².